The van der Waals surface area contributed by atoms with Gasteiger partial charge in [0.25, 0.3) is 0 Å². The van der Waals surface area contributed by atoms with Crippen LogP contribution in [-0.4, -0.2) is 35.5 Å². The molecule has 1 aromatic carbocycles. The summed E-state index contributed by atoms with van der Waals surface area (Å²) in [5, 5.41) is 9.01. The van der Waals surface area contributed by atoms with E-state index in [9.17, 15) is 4.79 Å². The highest BCUT2D eigenvalue weighted by Gasteiger charge is 2.51. The predicted molar refractivity (Wildman–Crippen MR) is 84.5 cm³/mol. The average molecular weight is 306 g/mol. The third-order valence-electron chi connectivity index (χ3n) is 4.33. The molecule has 1 aromatic rings. The molecule has 1 fully saturated rings. The molecule has 22 heavy (non-hydrogen) atoms. The molecule has 0 bridgehead atoms. The van der Waals surface area contributed by atoms with Gasteiger partial charge >= 0.3 is 13.1 Å². The van der Waals surface area contributed by atoms with Crippen molar-refractivity contribution < 1.29 is 23.9 Å². The molecule has 0 radical (unpaired) electrons. The van der Waals surface area contributed by atoms with Crippen molar-refractivity contribution in [3.05, 3.63) is 24.3 Å². The van der Waals surface area contributed by atoms with E-state index in [1.54, 1.807) is 19.1 Å². The molecule has 1 heterocycles. The van der Waals surface area contributed by atoms with Gasteiger partial charge < -0.3 is 19.2 Å². The Morgan fingerprint density at radius 1 is 1.18 bits per heavy atom. The van der Waals surface area contributed by atoms with E-state index in [0.29, 0.717) is 12.2 Å². The van der Waals surface area contributed by atoms with Gasteiger partial charge in [0.2, 0.25) is 0 Å². The molecule has 2 rings (SSSR count). The van der Waals surface area contributed by atoms with Gasteiger partial charge in [-0.05, 0) is 51.7 Å². The van der Waals surface area contributed by atoms with E-state index in [2.05, 4.69) is 0 Å². The Bertz CT molecular complexity index is 522. The number of carboxylic acid groups (broad SMARTS) is 1. The molecule has 0 aliphatic carbocycles. The minimum Gasteiger partial charge on any atom is -0.479 e. The molecule has 0 amide bonds. The van der Waals surface area contributed by atoms with Crippen LogP contribution in [0.1, 0.15) is 41.0 Å². The molecular weight excluding hydrogens is 283 g/mol. The molecule has 0 saturated carbocycles. The van der Waals surface area contributed by atoms with Crippen LogP contribution in [0.2, 0.25) is 0 Å². The first kappa shape index (κ1) is 16.8. The number of rotatable bonds is 5. The quantitative estimate of drug-likeness (QED) is 0.845. The first-order valence-corrected chi connectivity index (χ1v) is 7.51. The van der Waals surface area contributed by atoms with Crippen LogP contribution >= 0.6 is 0 Å². The zero-order valence-electron chi connectivity index (χ0n) is 13.8. The van der Waals surface area contributed by atoms with E-state index in [0.717, 1.165) is 5.46 Å². The molecule has 1 atom stereocenters. The van der Waals surface area contributed by atoms with E-state index < -0.39 is 19.2 Å². The first-order chi connectivity index (χ1) is 10.2. The first-order valence-electron chi connectivity index (χ1n) is 7.51. The van der Waals surface area contributed by atoms with E-state index in [1.807, 2.05) is 39.8 Å². The highest BCUT2D eigenvalue weighted by atomic mass is 16.7. The van der Waals surface area contributed by atoms with Crippen LogP contribution in [0.5, 0.6) is 5.75 Å². The summed E-state index contributed by atoms with van der Waals surface area (Å²) in [6, 6.07) is 7.16. The van der Waals surface area contributed by atoms with Crippen molar-refractivity contribution in [1.82, 2.24) is 0 Å². The molecule has 1 aliphatic heterocycles. The minimum atomic E-state index is -0.961. The summed E-state index contributed by atoms with van der Waals surface area (Å²) in [5.41, 5.74) is 0.113. The molecule has 1 N–H and O–H groups in total. The fourth-order valence-electron chi connectivity index (χ4n) is 2.16. The fraction of sp³-hybridized carbons (Fsp3) is 0.562. The average Bonchev–Trinajstić information content (AvgIpc) is 2.65. The number of hydrogen-bond acceptors (Lipinski definition) is 4. The van der Waals surface area contributed by atoms with Crippen molar-refractivity contribution in [2.45, 2.75) is 58.3 Å². The second kappa shape index (κ2) is 5.93. The SMILES string of the molecule is CCC(Oc1ccc(B2OC(C)(C)C(C)(C)O2)cc1)C(=O)O. The normalized spacial score (nSPS) is 20.7. The standard InChI is InChI=1S/C16H23BO5/c1-6-13(14(18)19)20-12-9-7-11(8-10-12)17-21-15(2,3)16(4,5)22-17/h7-10,13H,6H2,1-5H3,(H,18,19). The lowest BCUT2D eigenvalue weighted by atomic mass is 9.79. The zero-order chi connectivity index (χ0) is 16.5. The van der Waals surface area contributed by atoms with Crippen molar-refractivity contribution in [3.8, 4) is 5.75 Å². The fourth-order valence-corrected chi connectivity index (χ4v) is 2.16. The van der Waals surface area contributed by atoms with Gasteiger partial charge in [0.05, 0.1) is 11.2 Å². The third kappa shape index (κ3) is 3.28. The summed E-state index contributed by atoms with van der Waals surface area (Å²) in [4.78, 5) is 11.0. The summed E-state index contributed by atoms with van der Waals surface area (Å²) in [5.74, 6) is -0.438. The Morgan fingerprint density at radius 3 is 2.09 bits per heavy atom. The Balaban J connectivity index is 2.09. The molecule has 1 unspecified atom stereocenters. The summed E-state index contributed by atoms with van der Waals surface area (Å²) < 4.78 is 17.4. The van der Waals surface area contributed by atoms with Gasteiger partial charge in [-0.25, -0.2) is 4.79 Å². The lowest BCUT2D eigenvalue weighted by molar-refractivity contribution is -0.145. The lowest BCUT2D eigenvalue weighted by Gasteiger charge is -2.32. The van der Waals surface area contributed by atoms with E-state index in [-0.39, 0.29) is 11.2 Å². The highest BCUT2D eigenvalue weighted by molar-refractivity contribution is 6.62. The van der Waals surface area contributed by atoms with Crippen LogP contribution in [0.15, 0.2) is 24.3 Å². The van der Waals surface area contributed by atoms with Crippen LogP contribution in [0.25, 0.3) is 0 Å². The molecule has 0 spiro atoms. The Hall–Kier alpha value is -1.53. The minimum absolute atomic E-state index is 0.385. The van der Waals surface area contributed by atoms with Crippen molar-refractivity contribution in [2.75, 3.05) is 0 Å². The van der Waals surface area contributed by atoms with Gasteiger partial charge in [-0.2, -0.15) is 0 Å². The summed E-state index contributed by atoms with van der Waals surface area (Å²) in [7, 11) is -0.430. The van der Waals surface area contributed by atoms with Crippen LogP contribution in [0.3, 0.4) is 0 Å². The molecule has 0 aromatic heterocycles. The smallest absolute Gasteiger partial charge is 0.479 e. The zero-order valence-corrected chi connectivity index (χ0v) is 13.8. The number of carboxylic acids is 1. The van der Waals surface area contributed by atoms with Crippen molar-refractivity contribution in [3.63, 3.8) is 0 Å². The lowest BCUT2D eigenvalue weighted by Crippen LogP contribution is -2.41. The third-order valence-corrected chi connectivity index (χ3v) is 4.33. The van der Waals surface area contributed by atoms with E-state index in [1.165, 1.54) is 0 Å². The highest BCUT2D eigenvalue weighted by Crippen LogP contribution is 2.36. The maximum absolute atomic E-state index is 11.0. The van der Waals surface area contributed by atoms with Crippen LogP contribution in [-0.2, 0) is 14.1 Å². The van der Waals surface area contributed by atoms with E-state index in [4.69, 9.17) is 19.2 Å². The molecule has 5 nitrogen and oxygen atoms in total. The van der Waals surface area contributed by atoms with Gasteiger partial charge in [0.1, 0.15) is 5.75 Å². The molecule has 120 valence electrons. The topological polar surface area (TPSA) is 65.0 Å². The Labute approximate surface area is 131 Å². The van der Waals surface area contributed by atoms with Crippen molar-refractivity contribution in [1.29, 1.82) is 0 Å². The number of ether oxygens (including phenoxy) is 1. The number of benzene rings is 1. The van der Waals surface area contributed by atoms with E-state index >= 15 is 0 Å². The van der Waals surface area contributed by atoms with Gasteiger partial charge in [0.15, 0.2) is 6.10 Å². The Kier molecular flexibility index (Phi) is 4.54. The second-order valence-electron chi connectivity index (χ2n) is 6.51. The molecule has 6 heteroatoms. The van der Waals surface area contributed by atoms with Crippen molar-refractivity contribution in [2.24, 2.45) is 0 Å². The largest absolute Gasteiger partial charge is 0.494 e. The van der Waals surface area contributed by atoms with Gasteiger partial charge in [0, 0.05) is 0 Å². The number of aliphatic carboxylic acids is 1. The molecule has 1 aliphatic rings. The maximum atomic E-state index is 11.0. The monoisotopic (exact) mass is 306 g/mol. The second-order valence-corrected chi connectivity index (χ2v) is 6.51. The number of carbonyl (C=O) groups is 1. The summed E-state index contributed by atoms with van der Waals surface area (Å²) in [6.45, 7) is 9.79. The summed E-state index contributed by atoms with van der Waals surface area (Å²) in [6.07, 6.45) is -0.420. The Morgan fingerprint density at radius 2 is 1.68 bits per heavy atom. The molecular formula is C16H23BO5. The van der Waals surface area contributed by atoms with Gasteiger partial charge in [-0.15, -0.1) is 0 Å². The molecule has 1 saturated heterocycles. The summed E-state index contributed by atoms with van der Waals surface area (Å²) >= 11 is 0. The van der Waals surface area contributed by atoms with Gasteiger partial charge in [-0.1, -0.05) is 19.1 Å². The maximum Gasteiger partial charge on any atom is 0.494 e. The van der Waals surface area contributed by atoms with Gasteiger partial charge in [-0.3, -0.25) is 0 Å². The van der Waals surface area contributed by atoms with Crippen molar-refractivity contribution >= 4 is 18.6 Å². The van der Waals surface area contributed by atoms with Crippen LogP contribution in [0, 0.1) is 0 Å². The predicted octanol–water partition coefficient (Wildman–Crippen LogP) is 2.23. The van der Waals surface area contributed by atoms with Crippen LogP contribution < -0.4 is 10.2 Å². The van der Waals surface area contributed by atoms with Crippen LogP contribution in [0.4, 0.5) is 0 Å². The number of hydrogen-bond donors (Lipinski definition) is 1.